The molecule has 2 amide bonds. The number of rotatable bonds is 5. The molecule has 0 unspecified atom stereocenters. The molecule has 3 rings (SSSR count). The molecule has 0 spiro atoms. The first-order chi connectivity index (χ1) is 11.3. The van der Waals surface area contributed by atoms with E-state index < -0.39 is 5.60 Å². The van der Waals surface area contributed by atoms with Crippen LogP contribution in [-0.2, 0) is 5.60 Å². The summed E-state index contributed by atoms with van der Waals surface area (Å²) < 4.78 is 0. The van der Waals surface area contributed by atoms with Gasteiger partial charge in [0.1, 0.15) is 10.8 Å². The predicted octanol–water partition coefficient (Wildman–Crippen LogP) is 3.35. The molecule has 1 atom stereocenters. The topological polar surface area (TPSA) is 87.1 Å². The molecule has 1 fully saturated rings. The van der Waals surface area contributed by atoms with Gasteiger partial charge in [0.25, 0.3) is 0 Å². The van der Waals surface area contributed by atoms with Crippen LogP contribution in [0.1, 0.15) is 39.2 Å². The minimum absolute atomic E-state index is 0.194. The van der Waals surface area contributed by atoms with Crippen LogP contribution in [-0.4, -0.2) is 27.1 Å². The van der Waals surface area contributed by atoms with Crippen LogP contribution in [0.25, 0.3) is 10.7 Å². The molecule has 6 nitrogen and oxygen atoms in total. The van der Waals surface area contributed by atoms with Gasteiger partial charge in [0, 0.05) is 23.2 Å². The van der Waals surface area contributed by atoms with Crippen molar-refractivity contribution in [3.8, 4) is 10.7 Å². The van der Waals surface area contributed by atoms with Gasteiger partial charge in [0.05, 0.1) is 11.3 Å². The fourth-order valence-corrected chi connectivity index (χ4v) is 3.13. The van der Waals surface area contributed by atoms with E-state index in [2.05, 4.69) is 20.6 Å². The quantitative estimate of drug-likeness (QED) is 0.775. The van der Waals surface area contributed by atoms with Crippen molar-refractivity contribution < 1.29 is 9.90 Å². The van der Waals surface area contributed by atoms with Crippen LogP contribution in [0, 0.1) is 5.92 Å². The second-order valence-corrected chi connectivity index (χ2v) is 7.61. The molecular formula is C17H22N4O2S. The van der Waals surface area contributed by atoms with Crippen LogP contribution in [0.3, 0.4) is 0 Å². The van der Waals surface area contributed by atoms with Crippen molar-refractivity contribution in [3.05, 3.63) is 29.3 Å². The van der Waals surface area contributed by atoms with Gasteiger partial charge in [-0.2, -0.15) is 0 Å². The number of nitrogens with zero attached hydrogens (tertiary/aromatic N) is 2. The van der Waals surface area contributed by atoms with Crippen LogP contribution in [0.4, 0.5) is 10.6 Å². The Labute approximate surface area is 145 Å². The summed E-state index contributed by atoms with van der Waals surface area (Å²) in [5, 5.41) is 18.2. The lowest BCUT2D eigenvalue weighted by molar-refractivity contribution is 0.0782. The van der Waals surface area contributed by atoms with E-state index in [0.29, 0.717) is 17.4 Å². The average Bonchev–Trinajstić information content (AvgIpc) is 3.27. The first-order valence-electron chi connectivity index (χ1n) is 8.05. The van der Waals surface area contributed by atoms with Crippen molar-refractivity contribution in [2.24, 2.45) is 5.92 Å². The summed E-state index contributed by atoms with van der Waals surface area (Å²) in [5.41, 5.74) is 0.541. The molecule has 2 aromatic heterocycles. The van der Waals surface area contributed by atoms with E-state index in [1.165, 1.54) is 24.2 Å². The van der Waals surface area contributed by atoms with E-state index in [9.17, 15) is 9.90 Å². The van der Waals surface area contributed by atoms with E-state index in [-0.39, 0.29) is 12.1 Å². The number of hydrogen-bond donors (Lipinski definition) is 3. The summed E-state index contributed by atoms with van der Waals surface area (Å²) in [6.07, 6.45) is 4.02. The fraction of sp³-hybridized carbons (Fsp3) is 0.471. The Morgan fingerprint density at radius 2 is 2.17 bits per heavy atom. The van der Waals surface area contributed by atoms with Gasteiger partial charge in [-0.15, -0.1) is 11.3 Å². The molecule has 0 radical (unpaired) electrons. The molecule has 2 aromatic rings. The standard InChI is InChI=1S/C17H22N4O2S/c1-10(11-4-5-11)19-16(22)21-14-9-24-15(20-14)13-7-6-12(8-18-13)17(2,3)23/h6-11,23H,4-5H2,1-3H3,(H2,19,21,22)/t10-/m0/s1. The second-order valence-electron chi connectivity index (χ2n) is 6.75. The largest absolute Gasteiger partial charge is 0.386 e. The SMILES string of the molecule is C[C@H](NC(=O)Nc1csc(-c2ccc(C(C)(C)O)cn2)n1)C1CC1. The van der Waals surface area contributed by atoms with E-state index in [4.69, 9.17) is 0 Å². The maximum atomic E-state index is 12.0. The summed E-state index contributed by atoms with van der Waals surface area (Å²) in [6, 6.07) is 3.63. The van der Waals surface area contributed by atoms with Gasteiger partial charge in [-0.3, -0.25) is 10.3 Å². The summed E-state index contributed by atoms with van der Waals surface area (Å²) in [4.78, 5) is 20.7. The molecule has 0 aliphatic heterocycles. The average molecular weight is 346 g/mol. The molecule has 1 saturated carbocycles. The van der Waals surface area contributed by atoms with Crippen molar-refractivity contribution in [2.45, 2.75) is 45.3 Å². The summed E-state index contributed by atoms with van der Waals surface area (Å²) in [5.74, 6) is 1.13. The summed E-state index contributed by atoms with van der Waals surface area (Å²) in [6.45, 7) is 5.46. The molecule has 24 heavy (non-hydrogen) atoms. The zero-order valence-corrected chi connectivity index (χ0v) is 14.9. The molecular weight excluding hydrogens is 324 g/mol. The Balaban J connectivity index is 1.63. The van der Waals surface area contributed by atoms with Crippen molar-refractivity contribution in [2.75, 3.05) is 5.32 Å². The van der Waals surface area contributed by atoms with Crippen LogP contribution >= 0.6 is 11.3 Å². The van der Waals surface area contributed by atoms with Gasteiger partial charge in [-0.25, -0.2) is 9.78 Å². The van der Waals surface area contributed by atoms with Crippen molar-refractivity contribution >= 4 is 23.2 Å². The molecule has 3 N–H and O–H groups in total. The minimum atomic E-state index is -0.919. The van der Waals surface area contributed by atoms with Gasteiger partial charge >= 0.3 is 6.03 Å². The number of hydrogen-bond acceptors (Lipinski definition) is 5. The fourth-order valence-electron chi connectivity index (χ4n) is 2.40. The Morgan fingerprint density at radius 3 is 2.75 bits per heavy atom. The highest BCUT2D eigenvalue weighted by Crippen LogP contribution is 2.32. The molecule has 1 aliphatic rings. The second kappa shape index (κ2) is 6.49. The van der Waals surface area contributed by atoms with Gasteiger partial charge in [-0.1, -0.05) is 6.07 Å². The highest BCUT2D eigenvalue weighted by atomic mass is 32.1. The number of carbonyl (C=O) groups excluding carboxylic acids is 1. The van der Waals surface area contributed by atoms with Crippen LogP contribution < -0.4 is 10.6 Å². The molecule has 1 aliphatic carbocycles. The van der Waals surface area contributed by atoms with Crippen molar-refractivity contribution in [1.82, 2.24) is 15.3 Å². The normalized spacial score (nSPS) is 15.8. The van der Waals surface area contributed by atoms with E-state index in [1.54, 1.807) is 25.4 Å². The number of aromatic nitrogens is 2. The van der Waals surface area contributed by atoms with Gasteiger partial charge < -0.3 is 10.4 Å². The maximum absolute atomic E-state index is 12.0. The summed E-state index contributed by atoms with van der Waals surface area (Å²) >= 11 is 1.42. The number of pyridine rings is 1. The third-order valence-corrected chi connectivity index (χ3v) is 4.99. The lowest BCUT2D eigenvalue weighted by atomic mass is 10.0. The molecule has 128 valence electrons. The molecule has 7 heteroatoms. The van der Waals surface area contributed by atoms with Gasteiger partial charge in [-0.05, 0) is 45.6 Å². The van der Waals surface area contributed by atoms with Crippen LogP contribution in [0.15, 0.2) is 23.7 Å². The Hall–Kier alpha value is -1.99. The highest BCUT2D eigenvalue weighted by molar-refractivity contribution is 7.13. The number of amides is 2. The van der Waals surface area contributed by atoms with E-state index in [1.807, 2.05) is 19.1 Å². The smallest absolute Gasteiger partial charge is 0.320 e. The van der Waals surface area contributed by atoms with Gasteiger partial charge in [0.15, 0.2) is 0 Å². The lowest BCUT2D eigenvalue weighted by Crippen LogP contribution is -2.37. The third-order valence-electron chi connectivity index (χ3n) is 4.12. The number of thiazole rings is 1. The minimum Gasteiger partial charge on any atom is -0.386 e. The summed E-state index contributed by atoms with van der Waals surface area (Å²) in [7, 11) is 0. The predicted molar refractivity (Wildman–Crippen MR) is 94.9 cm³/mol. The Bertz CT molecular complexity index is 717. The first kappa shape index (κ1) is 16.9. The zero-order valence-electron chi connectivity index (χ0n) is 14.0. The van der Waals surface area contributed by atoms with Crippen LogP contribution in [0.5, 0.6) is 0 Å². The molecule has 0 bridgehead atoms. The molecule has 0 saturated heterocycles. The van der Waals surface area contributed by atoms with Crippen molar-refractivity contribution in [1.29, 1.82) is 0 Å². The Kier molecular flexibility index (Phi) is 4.56. The molecule has 2 heterocycles. The Morgan fingerprint density at radius 1 is 1.42 bits per heavy atom. The number of anilines is 1. The highest BCUT2D eigenvalue weighted by Gasteiger charge is 2.29. The molecule has 0 aromatic carbocycles. The first-order valence-corrected chi connectivity index (χ1v) is 8.93. The van der Waals surface area contributed by atoms with Gasteiger partial charge in [0.2, 0.25) is 0 Å². The number of nitrogens with one attached hydrogen (secondary N) is 2. The number of carbonyl (C=O) groups is 1. The number of aliphatic hydroxyl groups is 1. The zero-order chi connectivity index (χ0) is 17.3. The van der Waals surface area contributed by atoms with E-state index in [0.717, 1.165) is 10.6 Å². The van der Waals surface area contributed by atoms with Crippen molar-refractivity contribution in [3.63, 3.8) is 0 Å². The van der Waals surface area contributed by atoms with E-state index >= 15 is 0 Å². The number of urea groups is 1. The maximum Gasteiger partial charge on any atom is 0.320 e. The lowest BCUT2D eigenvalue weighted by Gasteiger charge is -2.16. The monoisotopic (exact) mass is 346 g/mol. The third kappa shape index (κ3) is 4.10. The van der Waals surface area contributed by atoms with Crippen LogP contribution in [0.2, 0.25) is 0 Å².